The Labute approximate surface area is 122 Å². The van der Waals surface area contributed by atoms with Gasteiger partial charge in [-0.25, -0.2) is 0 Å². The van der Waals surface area contributed by atoms with Gasteiger partial charge in [-0.3, -0.25) is 9.59 Å². The molecule has 2 fully saturated rings. The second-order valence-corrected chi connectivity index (χ2v) is 7.01. The quantitative estimate of drug-likeness (QED) is 0.760. The van der Waals surface area contributed by atoms with Gasteiger partial charge in [-0.1, -0.05) is 26.2 Å². The molecule has 4 nitrogen and oxygen atoms in total. The molecule has 2 aliphatic rings. The largest absolute Gasteiger partial charge is 0.340 e. The normalized spacial score (nSPS) is 29.5. The minimum absolute atomic E-state index is 0.0120. The van der Waals surface area contributed by atoms with E-state index in [-0.39, 0.29) is 11.8 Å². The van der Waals surface area contributed by atoms with Gasteiger partial charge in [0.1, 0.15) is 11.1 Å². The predicted octanol–water partition coefficient (Wildman–Crippen LogP) is 2.47. The highest BCUT2D eigenvalue weighted by atomic mass is 16.2. The molecule has 2 rings (SSSR count). The molecule has 1 N–H and O–H groups in total. The molecule has 20 heavy (non-hydrogen) atoms. The number of nitrogens with one attached hydrogen (secondary N) is 1. The Balaban J connectivity index is 2.11. The van der Waals surface area contributed by atoms with Crippen LogP contribution in [-0.4, -0.2) is 34.3 Å². The highest BCUT2D eigenvalue weighted by molar-refractivity contribution is 6.02. The number of carbonyl (C=O) groups excluding carboxylic acids is 2. The van der Waals surface area contributed by atoms with E-state index in [1.54, 1.807) is 0 Å². The maximum Gasteiger partial charge on any atom is 0.249 e. The number of rotatable bonds is 6. The molecule has 0 spiro atoms. The van der Waals surface area contributed by atoms with Crippen LogP contribution in [0.1, 0.15) is 66.2 Å². The van der Waals surface area contributed by atoms with Crippen molar-refractivity contribution in [3.8, 4) is 0 Å². The Bertz CT molecular complexity index is 401. The highest BCUT2D eigenvalue weighted by Crippen LogP contribution is 2.43. The smallest absolute Gasteiger partial charge is 0.249 e. The zero-order chi connectivity index (χ0) is 15.0. The maximum absolute atomic E-state index is 12.9. The topological polar surface area (TPSA) is 49.4 Å². The van der Waals surface area contributed by atoms with Crippen LogP contribution >= 0.6 is 0 Å². The van der Waals surface area contributed by atoms with Crippen LogP contribution in [0.25, 0.3) is 0 Å². The third-order valence-electron chi connectivity index (χ3n) is 4.92. The Morgan fingerprint density at radius 1 is 1.15 bits per heavy atom. The summed E-state index contributed by atoms with van der Waals surface area (Å²) in [5, 5.41) is 3.00. The summed E-state index contributed by atoms with van der Waals surface area (Å²) in [6, 6.07) is 0. The van der Waals surface area contributed by atoms with Crippen LogP contribution in [0.15, 0.2) is 0 Å². The van der Waals surface area contributed by atoms with Crippen molar-refractivity contribution in [1.82, 2.24) is 10.2 Å². The summed E-state index contributed by atoms with van der Waals surface area (Å²) in [7, 11) is 0. The van der Waals surface area contributed by atoms with E-state index in [4.69, 9.17) is 0 Å². The summed E-state index contributed by atoms with van der Waals surface area (Å²) in [6.07, 6.45) is 6.57. The van der Waals surface area contributed by atoms with Crippen LogP contribution in [0.5, 0.6) is 0 Å². The Kier molecular flexibility index (Phi) is 4.12. The van der Waals surface area contributed by atoms with Gasteiger partial charge in [-0.05, 0) is 46.0 Å². The van der Waals surface area contributed by atoms with E-state index in [0.717, 1.165) is 25.7 Å². The third-order valence-corrected chi connectivity index (χ3v) is 4.92. The van der Waals surface area contributed by atoms with Gasteiger partial charge in [-0.2, -0.15) is 0 Å². The molecular formula is C16H28N2O2. The summed E-state index contributed by atoms with van der Waals surface area (Å²) >= 11 is 0. The number of amides is 2. The van der Waals surface area contributed by atoms with Crippen molar-refractivity contribution < 1.29 is 9.59 Å². The number of piperazine rings is 1. The first-order valence-electron chi connectivity index (χ1n) is 7.98. The zero-order valence-corrected chi connectivity index (χ0v) is 13.3. The molecule has 1 saturated heterocycles. The van der Waals surface area contributed by atoms with Crippen LogP contribution in [0, 0.1) is 5.92 Å². The predicted molar refractivity (Wildman–Crippen MR) is 79.2 cm³/mol. The zero-order valence-electron chi connectivity index (χ0n) is 13.3. The maximum atomic E-state index is 12.9. The van der Waals surface area contributed by atoms with Crippen molar-refractivity contribution in [2.75, 3.05) is 6.54 Å². The van der Waals surface area contributed by atoms with E-state index in [1.165, 1.54) is 12.8 Å². The van der Waals surface area contributed by atoms with Crippen LogP contribution in [0.2, 0.25) is 0 Å². The molecule has 1 aliphatic heterocycles. The van der Waals surface area contributed by atoms with E-state index in [2.05, 4.69) is 12.2 Å². The van der Waals surface area contributed by atoms with E-state index >= 15 is 0 Å². The van der Waals surface area contributed by atoms with Gasteiger partial charge >= 0.3 is 0 Å². The Morgan fingerprint density at radius 3 is 2.35 bits per heavy atom. The first-order chi connectivity index (χ1) is 9.34. The van der Waals surface area contributed by atoms with E-state index in [9.17, 15) is 9.59 Å². The fourth-order valence-corrected chi connectivity index (χ4v) is 3.11. The average Bonchev–Trinajstić information content (AvgIpc) is 3.20. The molecule has 1 aliphatic carbocycles. The average molecular weight is 280 g/mol. The molecule has 114 valence electrons. The lowest BCUT2D eigenvalue weighted by Gasteiger charge is -2.49. The molecule has 0 aromatic rings. The number of nitrogens with zero attached hydrogens (tertiary/aromatic N) is 1. The van der Waals surface area contributed by atoms with Crippen molar-refractivity contribution in [3.63, 3.8) is 0 Å². The molecule has 0 bridgehead atoms. The van der Waals surface area contributed by atoms with Gasteiger partial charge in [0.25, 0.3) is 0 Å². The van der Waals surface area contributed by atoms with Crippen LogP contribution in [-0.2, 0) is 9.59 Å². The lowest BCUT2D eigenvalue weighted by atomic mass is 9.85. The van der Waals surface area contributed by atoms with Crippen molar-refractivity contribution in [2.24, 2.45) is 5.92 Å². The number of hydrogen-bond donors (Lipinski definition) is 1. The van der Waals surface area contributed by atoms with Crippen LogP contribution < -0.4 is 5.32 Å². The molecule has 1 atom stereocenters. The Hall–Kier alpha value is -1.06. The molecular weight excluding hydrogens is 252 g/mol. The molecule has 1 heterocycles. The summed E-state index contributed by atoms with van der Waals surface area (Å²) in [5.74, 6) is 0.427. The summed E-state index contributed by atoms with van der Waals surface area (Å²) in [4.78, 5) is 27.1. The van der Waals surface area contributed by atoms with E-state index in [0.29, 0.717) is 12.5 Å². The molecule has 4 heteroatoms. The molecule has 0 aromatic heterocycles. The first-order valence-corrected chi connectivity index (χ1v) is 7.98. The van der Waals surface area contributed by atoms with E-state index < -0.39 is 11.1 Å². The Morgan fingerprint density at radius 2 is 1.80 bits per heavy atom. The third kappa shape index (κ3) is 2.57. The first kappa shape index (κ1) is 15.3. The van der Waals surface area contributed by atoms with Crippen LogP contribution in [0.3, 0.4) is 0 Å². The molecule has 1 saturated carbocycles. The minimum Gasteiger partial charge on any atom is -0.340 e. The van der Waals surface area contributed by atoms with Crippen molar-refractivity contribution in [1.29, 1.82) is 0 Å². The van der Waals surface area contributed by atoms with Crippen molar-refractivity contribution in [3.05, 3.63) is 0 Å². The van der Waals surface area contributed by atoms with Crippen LogP contribution in [0.4, 0.5) is 0 Å². The lowest BCUT2D eigenvalue weighted by molar-refractivity contribution is -0.161. The van der Waals surface area contributed by atoms with Gasteiger partial charge in [0, 0.05) is 6.54 Å². The summed E-state index contributed by atoms with van der Waals surface area (Å²) in [6.45, 7) is 8.48. The van der Waals surface area contributed by atoms with E-state index in [1.807, 2.05) is 25.7 Å². The van der Waals surface area contributed by atoms with Gasteiger partial charge in [0.05, 0.1) is 0 Å². The monoisotopic (exact) mass is 280 g/mol. The highest BCUT2D eigenvalue weighted by Gasteiger charge is 2.57. The van der Waals surface area contributed by atoms with Crippen molar-refractivity contribution in [2.45, 2.75) is 77.3 Å². The summed E-state index contributed by atoms with van der Waals surface area (Å²) in [5.41, 5.74) is -1.39. The lowest BCUT2D eigenvalue weighted by Crippen LogP contribution is -2.74. The number of unbranched alkanes of at least 4 members (excludes halogenated alkanes) is 3. The van der Waals surface area contributed by atoms with Gasteiger partial charge in [-0.15, -0.1) is 0 Å². The number of carbonyl (C=O) groups is 2. The SMILES string of the molecule is CCCCCCN1C(=O)C(C)(C2CC2)NC(=O)C1(C)C. The minimum atomic E-state index is -0.725. The number of hydrogen-bond acceptors (Lipinski definition) is 2. The summed E-state index contributed by atoms with van der Waals surface area (Å²) < 4.78 is 0. The molecule has 1 unspecified atom stereocenters. The second-order valence-electron chi connectivity index (χ2n) is 7.01. The standard InChI is InChI=1S/C16H28N2O2/c1-5-6-7-8-11-18-14(20)16(4,12-9-10-12)17-13(19)15(18,2)3/h12H,5-11H2,1-4H3,(H,17,19). The van der Waals surface area contributed by atoms with Crippen molar-refractivity contribution >= 4 is 11.8 Å². The molecule has 2 amide bonds. The fourth-order valence-electron chi connectivity index (χ4n) is 3.11. The van der Waals surface area contributed by atoms with Gasteiger partial charge in [0.2, 0.25) is 11.8 Å². The fraction of sp³-hybridized carbons (Fsp3) is 0.875. The van der Waals surface area contributed by atoms with Gasteiger partial charge in [0.15, 0.2) is 0 Å². The van der Waals surface area contributed by atoms with Gasteiger partial charge < -0.3 is 10.2 Å². The molecule has 0 radical (unpaired) electrons. The molecule has 0 aromatic carbocycles. The second kappa shape index (κ2) is 5.38.